The highest BCUT2D eigenvalue weighted by molar-refractivity contribution is 9.10. The summed E-state index contributed by atoms with van der Waals surface area (Å²) in [6, 6.07) is 27.8. The van der Waals surface area contributed by atoms with Crippen molar-refractivity contribution in [2.45, 2.75) is 24.5 Å². The van der Waals surface area contributed by atoms with Gasteiger partial charge in [0.25, 0.3) is 5.56 Å². The van der Waals surface area contributed by atoms with E-state index in [1.54, 1.807) is 36.4 Å². The van der Waals surface area contributed by atoms with Crippen molar-refractivity contribution >= 4 is 68.4 Å². The first-order valence-corrected chi connectivity index (χ1v) is 18.2. The number of hydrogen-bond donors (Lipinski definition) is 0. The van der Waals surface area contributed by atoms with E-state index < -0.39 is 12.0 Å². The van der Waals surface area contributed by atoms with Gasteiger partial charge in [-0.25, -0.2) is 9.79 Å². The van der Waals surface area contributed by atoms with Crippen molar-refractivity contribution in [3.8, 4) is 11.5 Å². The second kappa shape index (κ2) is 15.0. The molecule has 11 heteroatoms. The summed E-state index contributed by atoms with van der Waals surface area (Å²) in [5.41, 5.74) is 3.67. The van der Waals surface area contributed by atoms with Crippen molar-refractivity contribution in [2.75, 3.05) is 20.0 Å². The van der Waals surface area contributed by atoms with Gasteiger partial charge in [0.2, 0.25) is 0 Å². The molecule has 244 valence electrons. The Kier molecular flexibility index (Phi) is 10.6. The predicted octanol–water partition coefficient (Wildman–Crippen LogP) is 7.66. The Morgan fingerprint density at radius 1 is 1.06 bits per heavy atom. The van der Waals surface area contributed by atoms with Crippen molar-refractivity contribution < 1.29 is 19.0 Å². The van der Waals surface area contributed by atoms with Crippen LogP contribution < -0.4 is 24.4 Å². The summed E-state index contributed by atoms with van der Waals surface area (Å²) in [5.74, 6) is 0.500. The number of methoxy groups -OCH3 is 1. The molecule has 7 nitrogen and oxygen atoms in total. The van der Waals surface area contributed by atoms with Gasteiger partial charge in [0.15, 0.2) is 16.3 Å². The molecule has 0 aliphatic carbocycles. The number of aromatic nitrogens is 1. The van der Waals surface area contributed by atoms with E-state index in [-0.39, 0.29) is 18.8 Å². The third-order valence-electron chi connectivity index (χ3n) is 7.63. The van der Waals surface area contributed by atoms with Crippen LogP contribution in [0.4, 0.5) is 0 Å². The number of carbonyl (C=O) groups is 1. The number of esters is 1. The van der Waals surface area contributed by atoms with E-state index >= 15 is 0 Å². The Morgan fingerprint density at radius 2 is 1.83 bits per heavy atom. The average molecular weight is 762 g/mol. The zero-order chi connectivity index (χ0) is 33.8. The van der Waals surface area contributed by atoms with Crippen molar-refractivity contribution in [3.63, 3.8) is 0 Å². The number of hydrogen-bond acceptors (Lipinski definition) is 8. The molecule has 6 rings (SSSR count). The molecular formula is C37H30BrClN2O5S2. The monoisotopic (exact) mass is 760 g/mol. The summed E-state index contributed by atoms with van der Waals surface area (Å²) in [7, 11) is 1.57. The highest BCUT2D eigenvalue weighted by Crippen LogP contribution is 2.38. The van der Waals surface area contributed by atoms with Gasteiger partial charge >= 0.3 is 5.97 Å². The molecule has 0 unspecified atom stereocenters. The zero-order valence-corrected chi connectivity index (χ0v) is 30.2. The van der Waals surface area contributed by atoms with E-state index in [0.717, 1.165) is 21.6 Å². The minimum absolute atomic E-state index is 0.183. The lowest BCUT2D eigenvalue weighted by Crippen LogP contribution is -2.40. The normalized spacial score (nSPS) is 14.4. The van der Waals surface area contributed by atoms with Crippen molar-refractivity contribution in [1.82, 2.24) is 4.57 Å². The van der Waals surface area contributed by atoms with Crippen molar-refractivity contribution in [2.24, 2.45) is 4.99 Å². The van der Waals surface area contributed by atoms with Crippen molar-refractivity contribution in [3.05, 3.63) is 148 Å². The summed E-state index contributed by atoms with van der Waals surface area (Å²) in [6.45, 7) is 2.23. The highest BCUT2D eigenvalue weighted by atomic mass is 79.9. The van der Waals surface area contributed by atoms with Gasteiger partial charge in [0, 0.05) is 15.5 Å². The second-order valence-corrected chi connectivity index (χ2v) is 13.8. The standard InChI is InChI=1S/C37H30BrClN2O5S2/c1-4-45-36(43)31-32(24-10-6-5-7-11-24)40-37-41(33(31)25-13-15-27(47-3)16-14-25)35(42)30(48-37)20-23-18-28(38)34(29(19-23)44-2)46-21-22-9-8-12-26(39)17-22/h5-20,33H,4,21H2,1-3H3/b30-20-/t33-/m1/s1. The molecule has 0 N–H and O–H groups in total. The van der Waals surface area contributed by atoms with Gasteiger partial charge < -0.3 is 14.2 Å². The van der Waals surface area contributed by atoms with Crippen LogP contribution in [-0.2, 0) is 16.1 Å². The van der Waals surface area contributed by atoms with Crippen LogP contribution in [0.1, 0.15) is 35.2 Å². The first kappa shape index (κ1) is 33.8. The SMILES string of the molecule is CCOC(=O)C1=C(c2ccccc2)N=c2s/c(=C\c3cc(Br)c(OCc4cccc(Cl)c4)c(OC)c3)c(=O)n2[C@@H]1c1ccc(SC)cc1. The van der Waals surface area contributed by atoms with Gasteiger partial charge in [-0.1, -0.05) is 77.5 Å². The molecule has 0 fully saturated rings. The summed E-state index contributed by atoms with van der Waals surface area (Å²) >= 11 is 12.6. The fraction of sp³-hybridized carbons (Fsp3) is 0.162. The van der Waals surface area contributed by atoms with Gasteiger partial charge in [0.1, 0.15) is 6.61 Å². The Morgan fingerprint density at radius 3 is 2.52 bits per heavy atom. The molecule has 1 aromatic heterocycles. The molecule has 0 radical (unpaired) electrons. The molecule has 4 aromatic carbocycles. The molecule has 0 amide bonds. The lowest BCUT2D eigenvalue weighted by Gasteiger charge is -2.26. The average Bonchev–Trinajstić information content (AvgIpc) is 3.41. The first-order chi connectivity index (χ1) is 23.3. The van der Waals surface area contributed by atoms with Crippen LogP contribution in [0.15, 0.2) is 116 Å². The summed E-state index contributed by atoms with van der Waals surface area (Å²) in [4.78, 5) is 34.5. The topological polar surface area (TPSA) is 79.1 Å². The molecule has 2 heterocycles. The first-order valence-electron chi connectivity index (χ1n) is 15.0. The smallest absolute Gasteiger partial charge is 0.338 e. The number of thioether (sulfide) groups is 1. The van der Waals surface area contributed by atoms with E-state index in [1.807, 2.05) is 97.3 Å². The number of fused-ring (bicyclic) bond motifs is 1. The van der Waals surface area contributed by atoms with E-state index in [4.69, 9.17) is 30.8 Å². The summed E-state index contributed by atoms with van der Waals surface area (Å²) in [5, 5.41) is 0.628. The molecule has 0 spiro atoms. The minimum Gasteiger partial charge on any atom is -0.493 e. The Hall–Kier alpha value is -4.09. The third kappa shape index (κ3) is 7.03. The molecule has 1 aliphatic rings. The van der Waals surface area contributed by atoms with E-state index in [2.05, 4.69) is 15.9 Å². The summed E-state index contributed by atoms with van der Waals surface area (Å²) in [6.07, 6.45) is 3.79. The number of ether oxygens (including phenoxy) is 3. The van der Waals surface area contributed by atoms with E-state index in [1.165, 1.54) is 11.3 Å². The molecule has 1 aliphatic heterocycles. The molecule has 5 aromatic rings. The number of carbonyl (C=O) groups excluding carboxylic acids is 1. The maximum absolute atomic E-state index is 14.3. The van der Waals surface area contributed by atoms with E-state index in [9.17, 15) is 9.59 Å². The molecule has 0 bridgehead atoms. The maximum atomic E-state index is 14.3. The Labute approximate surface area is 299 Å². The third-order valence-corrected chi connectivity index (χ3v) is 10.2. The van der Waals surface area contributed by atoms with Gasteiger partial charge in [0.05, 0.1) is 40.0 Å². The van der Waals surface area contributed by atoms with Crippen LogP contribution in [0.3, 0.4) is 0 Å². The molecule has 0 saturated carbocycles. The van der Waals surface area contributed by atoms with Gasteiger partial charge in [-0.2, -0.15) is 0 Å². The fourth-order valence-electron chi connectivity index (χ4n) is 5.44. The quantitative estimate of drug-likeness (QED) is 0.108. The predicted molar refractivity (Wildman–Crippen MR) is 196 cm³/mol. The van der Waals surface area contributed by atoms with Gasteiger partial charge in [-0.3, -0.25) is 9.36 Å². The second-order valence-electron chi connectivity index (χ2n) is 10.7. The van der Waals surface area contributed by atoms with Crippen LogP contribution in [0.2, 0.25) is 5.02 Å². The Bertz CT molecular complexity index is 2200. The minimum atomic E-state index is -0.753. The lowest BCUT2D eigenvalue weighted by atomic mass is 9.93. The summed E-state index contributed by atoms with van der Waals surface area (Å²) < 4.78 is 20.1. The van der Waals surface area contributed by atoms with Gasteiger partial charge in [-0.05, 0) is 88.3 Å². The number of halogens is 2. The molecule has 48 heavy (non-hydrogen) atoms. The van der Waals surface area contributed by atoms with Crippen LogP contribution in [-0.4, -0.2) is 30.5 Å². The van der Waals surface area contributed by atoms with E-state index in [0.29, 0.717) is 47.2 Å². The maximum Gasteiger partial charge on any atom is 0.338 e. The van der Waals surface area contributed by atoms with Crippen LogP contribution in [0.25, 0.3) is 11.8 Å². The van der Waals surface area contributed by atoms with Gasteiger partial charge in [-0.15, -0.1) is 11.8 Å². The van der Waals surface area contributed by atoms with Crippen molar-refractivity contribution in [1.29, 1.82) is 0 Å². The lowest BCUT2D eigenvalue weighted by molar-refractivity contribution is -0.138. The van der Waals surface area contributed by atoms with Crippen LogP contribution in [0, 0.1) is 0 Å². The molecule has 0 saturated heterocycles. The highest BCUT2D eigenvalue weighted by Gasteiger charge is 2.35. The van der Waals surface area contributed by atoms with Crippen LogP contribution in [0.5, 0.6) is 11.5 Å². The number of thiazole rings is 1. The number of rotatable bonds is 10. The number of nitrogens with zero attached hydrogens (tertiary/aromatic N) is 2. The Balaban J connectivity index is 1.49. The van der Waals surface area contributed by atoms with Crippen LogP contribution >= 0.6 is 50.6 Å². The number of benzene rings is 4. The fourth-order valence-corrected chi connectivity index (χ4v) is 7.64. The largest absolute Gasteiger partial charge is 0.493 e. The molecule has 1 atom stereocenters. The molecular weight excluding hydrogens is 732 g/mol. The zero-order valence-electron chi connectivity index (χ0n) is 26.2.